The summed E-state index contributed by atoms with van der Waals surface area (Å²) in [6, 6.07) is 0. The second-order valence-corrected chi connectivity index (χ2v) is 1.65. The SMILES string of the molecule is C=CC=CC=CCC(=O)O. The monoisotopic (exact) mass is 138 g/mol. The summed E-state index contributed by atoms with van der Waals surface area (Å²) in [5.74, 6) is -0.816. The molecule has 0 aromatic rings. The van der Waals surface area contributed by atoms with Gasteiger partial charge in [-0.15, -0.1) is 0 Å². The molecule has 0 fully saturated rings. The first-order chi connectivity index (χ1) is 4.77. The lowest BCUT2D eigenvalue weighted by Crippen LogP contribution is -1.89. The molecule has 0 atom stereocenters. The summed E-state index contributed by atoms with van der Waals surface area (Å²) in [4.78, 5) is 9.94. The highest BCUT2D eigenvalue weighted by atomic mass is 16.4. The van der Waals surface area contributed by atoms with Gasteiger partial charge in [0.25, 0.3) is 0 Å². The van der Waals surface area contributed by atoms with Crippen molar-refractivity contribution in [3.05, 3.63) is 37.0 Å². The fourth-order valence-electron chi connectivity index (χ4n) is 0.390. The third-order valence-corrected chi connectivity index (χ3v) is 0.787. The molecule has 0 saturated carbocycles. The van der Waals surface area contributed by atoms with E-state index in [1.165, 1.54) is 0 Å². The summed E-state index contributed by atoms with van der Waals surface area (Å²) in [6.07, 6.45) is 8.42. The van der Waals surface area contributed by atoms with Gasteiger partial charge in [-0.2, -0.15) is 0 Å². The van der Waals surface area contributed by atoms with Gasteiger partial charge in [-0.05, 0) is 0 Å². The fourth-order valence-corrected chi connectivity index (χ4v) is 0.390. The van der Waals surface area contributed by atoms with E-state index in [0.29, 0.717) is 0 Å². The fraction of sp³-hybridized carbons (Fsp3) is 0.125. The molecule has 1 N–H and O–H groups in total. The van der Waals surface area contributed by atoms with E-state index in [4.69, 9.17) is 5.11 Å². The maximum Gasteiger partial charge on any atom is 0.307 e. The van der Waals surface area contributed by atoms with Crippen LogP contribution in [0, 0.1) is 0 Å². The molecule has 0 aliphatic rings. The van der Waals surface area contributed by atoms with Crippen molar-refractivity contribution in [2.24, 2.45) is 0 Å². The largest absolute Gasteiger partial charge is 0.481 e. The Morgan fingerprint density at radius 3 is 2.60 bits per heavy atom. The van der Waals surface area contributed by atoms with Crippen LogP contribution in [0.3, 0.4) is 0 Å². The van der Waals surface area contributed by atoms with Crippen LogP contribution >= 0.6 is 0 Å². The quantitative estimate of drug-likeness (QED) is 0.601. The zero-order valence-corrected chi connectivity index (χ0v) is 5.66. The number of aliphatic carboxylic acids is 1. The van der Waals surface area contributed by atoms with E-state index in [2.05, 4.69) is 6.58 Å². The normalized spacial score (nSPS) is 10.8. The van der Waals surface area contributed by atoms with Crippen molar-refractivity contribution in [2.75, 3.05) is 0 Å². The summed E-state index contributed by atoms with van der Waals surface area (Å²) in [5.41, 5.74) is 0. The standard InChI is InChI=1S/C8H10O2/c1-2-3-4-5-6-7-8(9)10/h2-6H,1,7H2,(H,9,10). The molecule has 0 amide bonds. The van der Waals surface area contributed by atoms with E-state index in [0.717, 1.165) is 0 Å². The van der Waals surface area contributed by atoms with Gasteiger partial charge < -0.3 is 5.11 Å². The van der Waals surface area contributed by atoms with Crippen LogP contribution in [0.5, 0.6) is 0 Å². The first-order valence-corrected chi connectivity index (χ1v) is 2.93. The zero-order chi connectivity index (χ0) is 7.82. The Bertz CT molecular complexity index is 166. The van der Waals surface area contributed by atoms with Gasteiger partial charge in [-0.25, -0.2) is 0 Å². The van der Waals surface area contributed by atoms with E-state index in [1.54, 1.807) is 30.4 Å². The zero-order valence-electron chi connectivity index (χ0n) is 5.66. The summed E-state index contributed by atoms with van der Waals surface area (Å²) in [7, 11) is 0. The summed E-state index contributed by atoms with van der Waals surface area (Å²) < 4.78 is 0. The first-order valence-electron chi connectivity index (χ1n) is 2.93. The minimum absolute atomic E-state index is 0.0709. The Labute approximate surface area is 60.2 Å². The molecular weight excluding hydrogens is 128 g/mol. The number of carboxylic acids is 1. The number of carboxylic acid groups (broad SMARTS) is 1. The average molecular weight is 138 g/mol. The molecule has 0 radical (unpaired) electrons. The number of hydrogen-bond acceptors (Lipinski definition) is 1. The van der Waals surface area contributed by atoms with E-state index in [9.17, 15) is 4.79 Å². The van der Waals surface area contributed by atoms with Gasteiger partial charge in [-0.1, -0.05) is 37.0 Å². The predicted octanol–water partition coefficient (Wildman–Crippen LogP) is 1.76. The minimum Gasteiger partial charge on any atom is -0.481 e. The lowest BCUT2D eigenvalue weighted by molar-refractivity contribution is -0.135. The van der Waals surface area contributed by atoms with Crippen LogP contribution in [0.25, 0.3) is 0 Å². The number of hydrogen-bond donors (Lipinski definition) is 1. The second-order valence-electron chi connectivity index (χ2n) is 1.65. The van der Waals surface area contributed by atoms with Gasteiger partial charge in [-0.3, -0.25) is 4.79 Å². The van der Waals surface area contributed by atoms with Gasteiger partial charge in [0.2, 0.25) is 0 Å². The van der Waals surface area contributed by atoms with E-state index < -0.39 is 5.97 Å². The van der Waals surface area contributed by atoms with Crippen molar-refractivity contribution in [1.82, 2.24) is 0 Å². The molecule has 0 rings (SSSR count). The summed E-state index contributed by atoms with van der Waals surface area (Å²) >= 11 is 0. The van der Waals surface area contributed by atoms with Crippen LogP contribution in [0.15, 0.2) is 37.0 Å². The summed E-state index contributed by atoms with van der Waals surface area (Å²) in [5, 5.41) is 8.17. The van der Waals surface area contributed by atoms with E-state index in [1.807, 2.05) is 0 Å². The maximum absolute atomic E-state index is 9.94. The Balaban J connectivity index is 3.46. The Hall–Kier alpha value is -1.31. The third-order valence-electron chi connectivity index (χ3n) is 0.787. The molecule has 0 bridgehead atoms. The molecule has 0 unspecified atom stereocenters. The molecule has 54 valence electrons. The number of rotatable bonds is 4. The topological polar surface area (TPSA) is 37.3 Å². The highest BCUT2D eigenvalue weighted by Crippen LogP contribution is 1.83. The molecule has 0 aliphatic carbocycles. The smallest absolute Gasteiger partial charge is 0.307 e. The Kier molecular flexibility index (Phi) is 5.06. The van der Waals surface area contributed by atoms with Crippen LogP contribution in [0.1, 0.15) is 6.42 Å². The summed E-state index contributed by atoms with van der Waals surface area (Å²) in [6.45, 7) is 3.46. The molecule has 2 nitrogen and oxygen atoms in total. The van der Waals surface area contributed by atoms with Gasteiger partial charge >= 0.3 is 5.97 Å². The van der Waals surface area contributed by atoms with Crippen molar-refractivity contribution >= 4 is 5.97 Å². The van der Waals surface area contributed by atoms with Gasteiger partial charge in [0, 0.05) is 0 Å². The van der Waals surface area contributed by atoms with Crippen molar-refractivity contribution in [2.45, 2.75) is 6.42 Å². The molecule has 0 heterocycles. The van der Waals surface area contributed by atoms with Crippen LogP contribution in [-0.2, 0) is 4.79 Å². The first kappa shape index (κ1) is 8.69. The molecule has 0 aromatic carbocycles. The molecule has 10 heavy (non-hydrogen) atoms. The lowest BCUT2D eigenvalue weighted by Gasteiger charge is -1.79. The minimum atomic E-state index is -0.816. The van der Waals surface area contributed by atoms with Crippen molar-refractivity contribution in [1.29, 1.82) is 0 Å². The van der Waals surface area contributed by atoms with Crippen molar-refractivity contribution < 1.29 is 9.90 Å². The van der Waals surface area contributed by atoms with Crippen LogP contribution < -0.4 is 0 Å². The van der Waals surface area contributed by atoms with Crippen molar-refractivity contribution in [3.63, 3.8) is 0 Å². The highest BCUT2D eigenvalue weighted by Gasteiger charge is 1.86. The maximum atomic E-state index is 9.94. The van der Waals surface area contributed by atoms with Crippen LogP contribution in [-0.4, -0.2) is 11.1 Å². The predicted molar refractivity (Wildman–Crippen MR) is 40.7 cm³/mol. The van der Waals surface area contributed by atoms with Gasteiger partial charge in [0.1, 0.15) is 0 Å². The van der Waals surface area contributed by atoms with E-state index in [-0.39, 0.29) is 6.42 Å². The second kappa shape index (κ2) is 5.82. The Morgan fingerprint density at radius 1 is 1.40 bits per heavy atom. The Morgan fingerprint density at radius 2 is 2.10 bits per heavy atom. The van der Waals surface area contributed by atoms with Crippen LogP contribution in [0.4, 0.5) is 0 Å². The molecule has 0 aliphatic heterocycles. The van der Waals surface area contributed by atoms with Gasteiger partial charge in [0.05, 0.1) is 6.42 Å². The molecular formula is C8H10O2. The number of carbonyl (C=O) groups is 1. The molecule has 0 spiro atoms. The molecule has 2 heteroatoms. The van der Waals surface area contributed by atoms with E-state index >= 15 is 0 Å². The highest BCUT2D eigenvalue weighted by molar-refractivity contribution is 5.68. The third kappa shape index (κ3) is 6.69. The van der Waals surface area contributed by atoms with Crippen LogP contribution in [0.2, 0.25) is 0 Å². The van der Waals surface area contributed by atoms with Gasteiger partial charge in [0.15, 0.2) is 0 Å². The molecule has 0 saturated heterocycles. The van der Waals surface area contributed by atoms with Crippen molar-refractivity contribution in [3.8, 4) is 0 Å². The average Bonchev–Trinajstić information content (AvgIpc) is 1.87. The number of allylic oxidation sites excluding steroid dienone is 4. The lowest BCUT2D eigenvalue weighted by atomic mass is 10.3. The molecule has 0 aromatic heterocycles.